The summed E-state index contributed by atoms with van der Waals surface area (Å²) in [6, 6.07) is 7.53. The van der Waals surface area contributed by atoms with Gasteiger partial charge in [0.25, 0.3) is 11.7 Å². The van der Waals surface area contributed by atoms with Crippen molar-refractivity contribution in [2.45, 2.75) is 19.9 Å². The van der Waals surface area contributed by atoms with E-state index in [1.54, 1.807) is 19.3 Å². The van der Waals surface area contributed by atoms with Gasteiger partial charge in [-0.15, -0.1) is 0 Å². The maximum atomic E-state index is 13.6. The average Bonchev–Trinajstić information content (AvgIpc) is 3.59. The maximum absolute atomic E-state index is 13.6. The molecule has 4 aromatic rings. The van der Waals surface area contributed by atoms with Gasteiger partial charge < -0.3 is 20.4 Å². The summed E-state index contributed by atoms with van der Waals surface area (Å²) in [6.45, 7) is 6.16. The Morgan fingerprint density at radius 1 is 1.18 bits per heavy atom. The second-order valence-corrected chi connectivity index (χ2v) is 8.66. The standard InChI is InChI=1S/C27H26N8O3/c1-4-21(38-3)22-19(13-31-24(22)26(28)35-15-32-16(2)33-35)25(36)27(37)34-12-9-18-17(14-34)8-11-30-23(18)20-7-5-6-10-29-20/h4-8,10-11,13,15,31H,1,9,12,14,28H2,2-3H3/b22-21+,26-24-. The van der Waals surface area contributed by atoms with Gasteiger partial charge in [-0.3, -0.25) is 19.6 Å². The van der Waals surface area contributed by atoms with Gasteiger partial charge in [-0.2, -0.15) is 5.10 Å². The SMILES string of the molecule is C=C/C(OC)=c1/c(C(=O)C(=O)N2CCc3c(ccnc3-c3ccccn3)C2)c[nH]/c1=C(/N)n1cnc(C)n1. The van der Waals surface area contributed by atoms with E-state index in [4.69, 9.17) is 10.5 Å². The summed E-state index contributed by atoms with van der Waals surface area (Å²) >= 11 is 0. The van der Waals surface area contributed by atoms with Crippen molar-refractivity contribution in [3.63, 3.8) is 0 Å². The number of Topliss-reactive ketones (excluding diaryl/α,β-unsaturated/α-hetero) is 1. The van der Waals surface area contributed by atoms with Crippen LogP contribution in [0.1, 0.15) is 27.3 Å². The van der Waals surface area contributed by atoms with Crippen molar-refractivity contribution in [3.05, 3.63) is 94.9 Å². The third-order valence-electron chi connectivity index (χ3n) is 6.42. The molecule has 0 aliphatic carbocycles. The number of nitrogens with one attached hydrogen (secondary N) is 1. The molecule has 0 atom stereocenters. The van der Waals surface area contributed by atoms with Crippen molar-refractivity contribution in [2.75, 3.05) is 13.7 Å². The number of H-pyrrole nitrogens is 1. The van der Waals surface area contributed by atoms with Crippen molar-refractivity contribution < 1.29 is 14.3 Å². The molecule has 1 amide bonds. The lowest BCUT2D eigenvalue weighted by atomic mass is 9.96. The summed E-state index contributed by atoms with van der Waals surface area (Å²) in [7, 11) is 1.45. The number of amides is 1. The Labute approximate surface area is 218 Å². The predicted octanol–water partition coefficient (Wildman–Crippen LogP) is 0.653. The van der Waals surface area contributed by atoms with Crippen LogP contribution in [0.15, 0.2) is 61.8 Å². The smallest absolute Gasteiger partial charge is 0.295 e. The van der Waals surface area contributed by atoms with Crippen LogP contribution in [0, 0.1) is 6.92 Å². The van der Waals surface area contributed by atoms with E-state index in [0.29, 0.717) is 29.4 Å². The van der Waals surface area contributed by atoms with Crippen LogP contribution in [-0.2, 0) is 22.5 Å². The molecule has 0 saturated heterocycles. The summed E-state index contributed by atoms with van der Waals surface area (Å²) in [6.07, 6.45) is 8.33. The first-order valence-corrected chi connectivity index (χ1v) is 11.9. The first-order valence-electron chi connectivity index (χ1n) is 11.9. The van der Waals surface area contributed by atoms with Gasteiger partial charge in [-0.25, -0.2) is 9.67 Å². The molecule has 11 heteroatoms. The lowest BCUT2D eigenvalue weighted by Gasteiger charge is -2.29. The summed E-state index contributed by atoms with van der Waals surface area (Å²) in [5.41, 5.74) is 9.99. The molecule has 0 bridgehead atoms. The Hall–Kier alpha value is -5.06. The number of hydrogen-bond donors (Lipinski definition) is 2. The molecule has 1 aliphatic heterocycles. The molecule has 0 spiro atoms. The molecule has 5 rings (SSSR count). The number of carbonyl (C=O) groups excluding carboxylic acids is 2. The predicted molar refractivity (Wildman–Crippen MR) is 139 cm³/mol. The van der Waals surface area contributed by atoms with E-state index < -0.39 is 11.7 Å². The lowest BCUT2D eigenvalue weighted by Crippen LogP contribution is -2.43. The van der Waals surface area contributed by atoms with E-state index in [1.165, 1.54) is 35.3 Å². The highest BCUT2D eigenvalue weighted by molar-refractivity contribution is 6.42. The number of pyridine rings is 2. The molecule has 0 aromatic carbocycles. The third-order valence-corrected chi connectivity index (χ3v) is 6.42. The van der Waals surface area contributed by atoms with E-state index in [0.717, 1.165) is 22.5 Å². The van der Waals surface area contributed by atoms with Gasteiger partial charge in [0, 0.05) is 31.7 Å². The number of ether oxygens (including phenoxy) is 1. The number of aryl methyl sites for hydroxylation is 1. The van der Waals surface area contributed by atoms with Crippen LogP contribution < -0.4 is 16.3 Å². The van der Waals surface area contributed by atoms with Crippen LogP contribution >= 0.6 is 0 Å². The number of carbonyl (C=O) groups is 2. The van der Waals surface area contributed by atoms with Gasteiger partial charge in [0.15, 0.2) is 5.82 Å². The fourth-order valence-electron chi connectivity index (χ4n) is 4.57. The van der Waals surface area contributed by atoms with E-state index in [1.807, 2.05) is 24.3 Å². The molecule has 1 aliphatic rings. The number of methoxy groups -OCH3 is 1. The number of aromatic amines is 1. The van der Waals surface area contributed by atoms with Gasteiger partial charge >= 0.3 is 0 Å². The van der Waals surface area contributed by atoms with Crippen LogP contribution in [0.5, 0.6) is 0 Å². The molecular formula is C27H26N8O3. The Bertz CT molecular complexity index is 1670. The Balaban J connectivity index is 1.51. The maximum Gasteiger partial charge on any atom is 0.295 e. The molecule has 38 heavy (non-hydrogen) atoms. The molecule has 3 N–H and O–H groups in total. The minimum Gasteiger partial charge on any atom is -0.496 e. The van der Waals surface area contributed by atoms with E-state index in [2.05, 4.69) is 31.6 Å². The number of rotatable bonds is 6. The highest BCUT2D eigenvalue weighted by Gasteiger charge is 2.30. The lowest BCUT2D eigenvalue weighted by molar-refractivity contribution is -0.127. The monoisotopic (exact) mass is 510 g/mol. The summed E-state index contributed by atoms with van der Waals surface area (Å²) in [5.74, 6) is -0.326. The summed E-state index contributed by atoms with van der Waals surface area (Å²) < 4.78 is 6.85. The minimum absolute atomic E-state index is 0.122. The van der Waals surface area contributed by atoms with Crippen molar-refractivity contribution >= 4 is 23.3 Å². The van der Waals surface area contributed by atoms with Crippen molar-refractivity contribution in [3.8, 4) is 11.4 Å². The molecule has 0 radical (unpaired) electrons. The Kier molecular flexibility index (Phi) is 6.56. The summed E-state index contributed by atoms with van der Waals surface area (Å²) in [5, 5.41) is 4.91. The molecule has 11 nitrogen and oxygen atoms in total. The molecule has 5 heterocycles. The van der Waals surface area contributed by atoms with E-state index in [-0.39, 0.29) is 23.7 Å². The molecular weight excluding hydrogens is 484 g/mol. The fourth-order valence-corrected chi connectivity index (χ4v) is 4.57. The first-order chi connectivity index (χ1) is 18.4. The molecule has 0 unspecified atom stereocenters. The average molecular weight is 511 g/mol. The zero-order valence-electron chi connectivity index (χ0n) is 21.0. The Morgan fingerprint density at radius 3 is 2.71 bits per heavy atom. The van der Waals surface area contributed by atoms with Gasteiger partial charge in [0.1, 0.15) is 17.9 Å². The quantitative estimate of drug-likeness (QED) is 0.284. The van der Waals surface area contributed by atoms with E-state index in [9.17, 15) is 9.59 Å². The summed E-state index contributed by atoms with van der Waals surface area (Å²) in [4.78, 5) is 44.6. The van der Waals surface area contributed by atoms with Crippen LogP contribution in [0.3, 0.4) is 0 Å². The van der Waals surface area contributed by atoms with Crippen LogP contribution in [0.2, 0.25) is 0 Å². The van der Waals surface area contributed by atoms with Crippen molar-refractivity contribution in [1.82, 2.24) is 34.6 Å². The largest absolute Gasteiger partial charge is 0.496 e. The molecule has 0 saturated carbocycles. The van der Waals surface area contributed by atoms with Crippen LogP contribution in [-0.4, -0.2) is 60.0 Å². The number of hydrogen-bond acceptors (Lipinski definition) is 8. The fraction of sp³-hybridized carbons (Fsp3) is 0.185. The topological polar surface area (TPSA) is 145 Å². The number of fused-ring (bicyclic) bond motifs is 1. The second-order valence-electron chi connectivity index (χ2n) is 8.66. The number of nitrogens with zero attached hydrogens (tertiary/aromatic N) is 6. The number of aromatic nitrogens is 6. The van der Waals surface area contributed by atoms with Gasteiger partial charge in [0.05, 0.1) is 34.6 Å². The first kappa shape index (κ1) is 24.6. The van der Waals surface area contributed by atoms with Gasteiger partial charge in [-0.05, 0) is 48.7 Å². The number of nitrogens with two attached hydrogens (primary N) is 1. The molecule has 4 aromatic heterocycles. The third kappa shape index (κ3) is 4.34. The molecule has 192 valence electrons. The highest BCUT2D eigenvalue weighted by Crippen LogP contribution is 2.27. The minimum atomic E-state index is -0.691. The zero-order chi connectivity index (χ0) is 26.8. The van der Waals surface area contributed by atoms with Crippen LogP contribution in [0.4, 0.5) is 0 Å². The van der Waals surface area contributed by atoms with Crippen LogP contribution in [0.25, 0.3) is 23.0 Å². The normalized spacial score (nSPS) is 14.4. The number of ketones is 1. The van der Waals surface area contributed by atoms with Gasteiger partial charge in [0.2, 0.25) is 0 Å². The van der Waals surface area contributed by atoms with Crippen molar-refractivity contribution in [1.29, 1.82) is 0 Å². The highest BCUT2D eigenvalue weighted by atomic mass is 16.5. The van der Waals surface area contributed by atoms with E-state index >= 15 is 0 Å². The van der Waals surface area contributed by atoms with Gasteiger partial charge in [-0.1, -0.05) is 12.6 Å². The van der Waals surface area contributed by atoms with Crippen molar-refractivity contribution in [2.24, 2.45) is 5.73 Å². The Morgan fingerprint density at radius 2 is 2.03 bits per heavy atom. The zero-order valence-corrected chi connectivity index (χ0v) is 21.0. The second kappa shape index (κ2) is 10.1. The molecule has 0 fully saturated rings.